The summed E-state index contributed by atoms with van der Waals surface area (Å²) in [5.41, 5.74) is 5.79. The van der Waals surface area contributed by atoms with Gasteiger partial charge in [-0.3, -0.25) is 0 Å². The van der Waals surface area contributed by atoms with Crippen molar-refractivity contribution in [3.63, 3.8) is 0 Å². The maximum absolute atomic E-state index is 5.79. The molecule has 5 heteroatoms. The van der Waals surface area contributed by atoms with Gasteiger partial charge in [-0.2, -0.15) is 4.98 Å². The largest absolute Gasteiger partial charge is 0.368 e. The average molecular weight is 197 g/mol. The molecule has 1 heterocycles. The molecular formula is C9H19N5. The minimum Gasteiger partial charge on any atom is -0.368 e. The van der Waals surface area contributed by atoms with Crippen LogP contribution in [0.2, 0.25) is 0 Å². The lowest BCUT2D eigenvalue weighted by molar-refractivity contribution is 0.434. The van der Waals surface area contributed by atoms with Gasteiger partial charge in [-0.1, -0.05) is 13.8 Å². The minimum absolute atomic E-state index is 0.358. The third kappa shape index (κ3) is 1.97. The highest BCUT2D eigenvalue weighted by Crippen LogP contribution is 2.19. The molecule has 5 nitrogen and oxygen atoms in total. The van der Waals surface area contributed by atoms with E-state index in [9.17, 15) is 0 Å². The highest BCUT2D eigenvalue weighted by Gasteiger charge is 2.14. The molecule has 0 atom stereocenters. The van der Waals surface area contributed by atoms with Gasteiger partial charge in [0.25, 0.3) is 0 Å². The second kappa shape index (κ2) is 4.30. The first kappa shape index (κ1) is 10.8. The number of hydrogen-bond donors (Lipinski definition) is 1. The number of hydrogen-bond acceptors (Lipinski definition) is 4. The van der Waals surface area contributed by atoms with E-state index < -0.39 is 0 Å². The molecule has 0 saturated carbocycles. The fourth-order valence-electron chi connectivity index (χ4n) is 1.42. The van der Waals surface area contributed by atoms with Crippen LogP contribution in [0.3, 0.4) is 0 Å². The van der Waals surface area contributed by atoms with Crippen LogP contribution in [-0.2, 0) is 0 Å². The Hall–Kier alpha value is -1.26. The summed E-state index contributed by atoms with van der Waals surface area (Å²) in [6.07, 6.45) is 2.05. The Bertz CT molecular complexity index is 287. The maximum Gasteiger partial charge on any atom is 0.246 e. The molecule has 0 aliphatic carbocycles. The molecule has 2 N–H and O–H groups in total. The summed E-state index contributed by atoms with van der Waals surface area (Å²) >= 11 is 0. The second-order valence-electron chi connectivity index (χ2n) is 3.58. The summed E-state index contributed by atoms with van der Waals surface area (Å²) in [6.45, 7) is 4.26. The van der Waals surface area contributed by atoms with Crippen molar-refractivity contribution in [2.24, 2.45) is 0 Å². The van der Waals surface area contributed by atoms with Gasteiger partial charge >= 0.3 is 0 Å². The number of nitrogens with two attached hydrogens (primary N) is 1. The van der Waals surface area contributed by atoms with Gasteiger partial charge in [0.15, 0.2) is 0 Å². The summed E-state index contributed by atoms with van der Waals surface area (Å²) in [7, 11) is 3.82. The van der Waals surface area contributed by atoms with Crippen molar-refractivity contribution in [2.75, 3.05) is 24.7 Å². The Morgan fingerprint density at radius 3 is 2.29 bits per heavy atom. The molecule has 80 valence electrons. The molecule has 0 aliphatic rings. The zero-order chi connectivity index (χ0) is 10.7. The third-order valence-electron chi connectivity index (χ3n) is 2.33. The van der Waals surface area contributed by atoms with Gasteiger partial charge in [0.05, 0.1) is 6.04 Å². The number of rotatable bonds is 4. The van der Waals surface area contributed by atoms with Crippen LogP contribution in [0.1, 0.15) is 32.7 Å². The second-order valence-corrected chi connectivity index (χ2v) is 3.58. The predicted octanol–water partition coefficient (Wildman–Crippen LogP) is 1.29. The van der Waals surface area contributed by atoms with Crippen LogP contribution in [-0.4, -0.2) is 28.9 Å². The molecule has 0 radical (unpaired) electrons. The number of nitrogens with zero attached hydrogens (tertiary/aromatic N) is 4. The van der Waals surface area contributed by atoms with Crippen LogP contribution >= 0.6 is 0 Å². The summed E-state index contributed by atoms with van der Waals surface area (Å²) in [5.74, 6) is 1.18. The van der Waals surface area contributed by atoms with E-state index in [-0.39, 0.29) is 0 Å². The van der Waals surface area contributed by atoms with Gasteiger partial charge in [0, 0.05) is 14.1 Å². The standard InChI is InChI=1S/C9H19N5/c1-5-7(6-2)14-8(10)11-9(12-14)13(3)4/h7H,5-6H2,1-4H3,(H2,10,11,12). The molecule has 1 rings (SSSR count). The van der Waals surface area contributed by atoms with Crippen molar-refractivity contribution in [2.45, 2.75) is 32.7 Å². The van der Waals surface area contributed by atoms with E-state index in [0.29, 0.717) is 17.9 Å². The molecule has 1 aromatic rings. The van der Waals surface area contributed by atoms with Gasteiger partial charge in [0.1, 0.15) is 0 Å². The highest BCUT2D eigenvalue weighted by molar-refractivity contribution is 5.33. The number of nitrogen functional groups attached to an aromatic ring is 1. The van der Waals surface area contributed by atoms with E-state index in [1.807, 2.05) is 23.7 Å². The topological polar surface area (TPSA) is 60.0 Å². The van der Waals surface area contributed by atoms with Gasteiger partial charge in [0.2, 0.25) is 11.9 Å². The van der Waals surface area contributed by atoms with Gasteiger partial charge < -0.3 is 10.6 Å². The third-order valence-corrected chi connectivity index (χ3v) is 2.33. The molecule has 0 aliphatic heterocycles. The monoisotopic (exact) mass is 197 g/mol. The van der Waals surface area contributed by atoms with Crippen LogP contribution in [0.4, 0.5) is 11.9 Å². The summed E-state index contributed by atoms with van der Waals surface area (Å²) in [5, 5.41) is 4.36. The quantitative estimate of drug-likeness (QED) is 0.790. The molecular weight excluding hydrogens is 178 g/mol. The van der Waals surface area contributed by atoms with E-state index >= 15 is 0 Å². The number of anilines is 2. The zero-order valence-electron chi connectivity index (χ0n) is 9.36. The molecule has 0 aromatic carbocycles. The predicted molar refractivity (Wildman–Crippen MR) is 58.4 cm³/mol. The summed E-state index contributed by atoms with van der Waals surface area (Å²) in [4.78, 5) is 6.04. The lowest BCUT2D eigenvalue weighted by Gasteiger charge is -2.13. The average Bonchev–Trinajstić information content (AvgIpc) is 2.51. The van der Waals surface area contributed by atoms with Crippen molar-refractivity contribution in [1.82, 2.24) is 14.8 Å². The van der Waals surface area contributed by atoms with E-state index in [1.54, 1.807) is 0 Å². The molecule has 0 amide bonds. The normalized spacial score (nSPS) is 10.9. The van der Waals surface area contributed by atoms with Gasteiger partial charge in [-0.15, -0.1) is 5.10 Å². The minimum atomic E-state index is 0.358. The molecule has 0 fully saturated rings. The first-order valence-corrected chi connectivity index (χ1v) is 4.99. The Morgan fingerprint density at radius 1 is 1.36 bits per heavy atom. The van der Waals surface area contributed by atoms with Gasteiger partial charge in [-0.25, -0.2) is 4.68 Å². The summed E-state index contributed by atoms with van der Waals surface area (Å²) < 4.78 is 1.81. The molecule has 0 saturated heterocycles. The van der Waals surface area contributed by atoms with E-state index in [4.69, 9.17) is 5.73 Å². The Kier molecular flexibility index (Phi) is 3.33. The van der Waals surface area contributed by atoms with Crippen molar-refractivity contribution in [1.29, 1.82) is 0 Å². The van der Waals surface area contributed by atoms with Crippen LogP contribution in [0.5, 0.6) is 0 Å². The Balaban J connectivity index is 2.96. The fraction of sp³-hybridized carbons (Fsp3) is 0.778. The van der Waals surface area contributed by atoms with E-state index in [1.165, 1.54) is 0 Å². The zero-order valence-corrected chi connectivity index (χ0v) is 9.36. The molecule has 14 heavy (non-hydrogen) atoms. The molecule has 0 unspecified atom stereocenters. The highest BCUT2D eigenvalue weighted by atomic mass is 15.4. The molecule has 0 bridgehead atoms. The van der Waals surface area contributed by atoms with E-state index in [2.05, 4.69) is 23.9 Å². The van der Waals surface area contributed by atoms with Crippen molar-refractivity contribution >= 4 is 11.9 Å². The first-order valence-electron chi connectivity index (χ1n) is 4.99. The first-order chi connectivity index (χ1) is 6.60. The van der Waals surface area contributed by atoms with Crippen molar-refractivity contribution in [3.8, 4) is 0 Å². The fourth-order valence-corrected chi connectivity index (χ4v) is 1.42. The lowest BCUT2D eigenvalue weighted by atomic mass is 10.2. The van der Waals surface area contributed by atoms with Crippen molar-refractivity contribution in [3.05, 3.63) is 0 Å². The van der Waals surface area contributed by atoms with Crippen LogP contribution in [0, 0.1) is 0 Å². The Morgan fingerprint density at radius 2 is 1.93 bits per heavy atom. The SMILES string of the molecule is CCC(CC)n1nc(N(C)C)nc1N. The van der Waals surface area contributed by atoms with E-state index in [0.717, 1.165) is 12.8 Å². The molecule has 0 spiro atoms. The molecule has 1 aromatic heterocycles. The Labute approximate surface area is 84.9 Å². The smallest absolute Gasteiger partial charge is 0.246 e. The lowest BCUT2D eigenvalue weighted by Crippen LogP contribution is -2.13. The summed E-state index contributed by atoms with van der Waals surface area (Å²) in [6, 6.07) is 0.358. The van der Waals surface area contributed by atoms with Crippen molar-refractivity contribution < 1.29 is 0 Å². The van der Waals surface area contributed by atoms with Crippen LogP contribution < -0.4 is 10.6 Å². The number of aromatic nitrogens is 3. The van der Waals surface area contributed by atoms with Gasteiger partial charge in [-0.05, 0) is 12.8 Å². The van der Waals surface area contributed by atoms with Crippen LogP contribution in [0.25, 0.3) is 0 Å². The maximum atomic E-state index is 5.79. The van der Waals surface area contributed by atoms with Crippen LogP contribution in [0.15, 0.2) is 0 Å².